The highest BCUT2D eigenvalue weighted by Gasteiger charge is 2.13. The highest BCUT2D eigenvalue weighted by atomic mass is 16.6. The summed E-state index contributed by atoms with van der Waals surface area (Å²) in [6.07, 6.45) is 4.85. The lowest BCUT2D eigenvalue weighted by Crippen LogP contribution is -2.01. The molecule has 0 aliphatic carbocycles. The summed E-state index contributed by atoms with van der Waals surface area (Å²) in [6, 6.07) is 8.56. The molecule has 1 aromatic carbocycles. The Morgan fingerprint density at radius 1 is 1.35 bits per heavy atom. The van der Waals surface area contributed by atoms with E-state index >= 15 is 0 Å². The molecule has 2 rings (SSSR count). The number of hydrogen-bond acceptors (Lipinski definition) is 3. The van der Waals surface area contributed by atoms with E-state index in [1.54, 1.807) is 18.2 Å². The fraction of sp³-hybridized carbons (Fsp3) is 0.333. The molecule has 1 atom stereocenters. The van der Waals surface area contributed by atoms with Crippen molar-refractivity contribution >= 4 is 5.69 Å². The number of para-hydroxylation sites is 1. The molecule has 1 unspecified atom stereocenters. The van der Waals surface area contributed by atoms with Crippen LogP contribution in [0.25, 0.3) is 0 Å². The molecule has 20 heavy (non-hydrogen) atoms. The molecule has 1 aromatic heterocycles. The molecule has 0 saturated carbocycles. The zero-order valence-corrected chi connectivity index (χ0v) is 11.4. The molecule has 106 valence electrons. The number of hydrogen-bond donors (Lipinski definition) is 1. The number of aliphatic hydroxyl groups excluding tert-OH is 1. The van der Waals surface area contributed by atoms with Gasteiger partial charge in [0.1, 0.15) is 0 Å². The van der Waals surface area contributed by atoms with Crippen LogP contribution in [0, 0.1) is 10.1 Å². The Hall–Kier alpha value is -2.14. The van der Waals surface area contributed by atoms with Crippen LogP contribution >= 0.6 is 0 Å². The van der Waals surface area contributed by atoms with E-state index < -0.39 is 6.10 Å². The SMILES string of the molecule is CCCC(O)c1ccn(Cc2ccccc2[N+](=O)[O-])c1. The second-order valence-corrected chi connectivity index (χ2v) is 4.81. The maximum absolute atomic E-state index is 11.0. The molecule has 5 heteroatoms. The average molecular weight is 274 g/mol. The predicted molar refractivity (Wildman–Crippen MR) is 76.5 cm³/mol. The third kappa shape index (κ3) is 3.24. The summed E-state index contributed by atoms with van der Waals surface area (Å²) in [6.45, 7) is 2.45. The Kier molecular flexibility index (Phi) is 4.53. The van der Waals surface area contributed by atoms with Crippen LogP contribution in [0.4, 0.5) is 5.69 Å². The second kappa shape index (κ2) is 6.34. The monoisotopic (exact) mass is 274 g/mol. The van der Waals surface area contributed by atoms with Crippen LogP contribution in [-0.2, 0) is 6.54 Å². The third-order valence-corrected chi connectivity index (χ3v) is 3.26. The van der Waals surface area contributed by atoms with E-state index in [9.17, 15) is 15.2 Å². The highest BCUT2D eigenvalue weighted by Crippen LogP contribution is 2.22. The van der Waals surface area contributed by atoms with Gasteiger partial charge in [-0.1, -0.05) is 31.5 Å². The van der Waals surface area contributed by atoms with Crippen LogP contribution in [0.15, 0.2) is 42.7 Å². The summed E-state index contributed by atoms with van der Waals surface area (Å²) in [5.41, 5.74) is 1.63. The van der Waals surface area contributed by atoms with Crippen molar-refractivity contribution < 1.29 is 10.0 Å². The van der Waals surface area contributed by atoms with Crippen LogP contribution in [0.3, 0.4) is 0 Å². The lowest BCUT2D eigenvalue weighted by atomic mass is 10.1. The van der Waals surface area contributed by atoms with Crippen LogP contribution in [0.1, 0.15) is 37.0 Å². The molecule has 2 aromatic rings. The lowest BCUT2D eigenvalue weighted by Gasteiger charge is -2.07. The smallest absolute Gasteiger partial charge is 0.274 e. The van der Waals surface area contributed by atoms with Gasteiger partial charge in [0.05, 0.1) is 17.6 Å². The van der Waals surface area contributed by atoms with Gasteiger partial charge < -0.3 is 9.67 Å². The van der Waals surface area contributed by atoms with Crippen LogP contribution in [0.5, 0.6) is 0 Å². The molecule has 0 fully saturated rings. The maximum atomic E-state index is 11.0. The fourth-order valence-corrected chi connectivity index (χ4v) is 2.21. The van der Waals surface area contributed by atoms with E-state index in [2.05, 4.69) is 0 Å². The minimum absolute atomic E-state index is 0.122. The largest absolute Gasteiger partial charge is 0.388 e. The molecule has 0 bridgehead atoms. The number of nitro groups is 1. The standard InChI is InChI=1S/C15H18N2O3/c1-2-5-15(18)13-8-9-16(11-13)10-12-6-3-4-7-14(12)17(19)20/h3-4,6-9,11,15,18H,2,5,10H2,1H3. The molecule has 0 amide bonds. The molecule has 1 N–H and O–H groups in total. The van der Waals surface area contributed by atoms with Gasteiger partial charge in [-0.2, -0.15) is 0 Å². The molecule has 0 saturated heterocycles. The summed E-state index contributed by atoms with van der Waals surface area (Å²) in [5, 5.41) is 20.9. The molecule has 0 spiro atoms. The van der Waals surface area contributed by atoms with Gasteiger partial charge in [0.15, 0.2) is 0 Å². The van der Waals surface area contributed by atoms with E-state index in [0.717, 1.165) is 18.4 Å². The van der Waals surface area contributed by atoms with Crippen LogP contribution in [0.2, 0.25) is 0 Å². The van der Waals surface area contributed by atoms with E-state index in [1.165, 1.54) is 6.07 Å². The van der Waals surface area contributed by atoms with Gasteiger partial charge in [-0.25, -0.2) is 0 Å². The van der Waals surface area contributed by atoms with Crippen molar-refractivity contribution in [1.82, 2.24) is 4.57 Å². The first-order valence-electron chi connectivity index (χ1n) is 6.68. The van der Waals surface area contributed by atoms with Gasteiger partial charge in [-0.3, -0.25) is 10.1 Å². The Bertz CT molecular complexity index is 592. The first-order valence-corrected chi connectivity index (χ1v) is 6.68. The zero-order chi connectivity index (χ0) is 14.5. The van der Waals surface area contributed by atoms with Gasteiger partial charge in [-0.05, 0) is 18.1 Å². The van der Waals surface area contributed by atoms with Gasteiger partial charge >= 0.3 is 0 Å². The average Bonchev–Trinajstić information content (AvgIpc) is 2.88. The predicted octanol–water partition coefficient (Wildman–Crippen LogP) is 3.28. The number of nitro benzene ring substituents is 1. The summed E-state index contributed by atoms with van der Waals surface area (Å²) in [5.74, 6) is 0. The molecule has 0 aliphatic heterocycles. The van der Waals surface area contributed by atoms with E-state index in [-0.39, 0.29) is 10.6 Å². The number of rotatable bonds is 6. The number of benzene rings is 1. The molecule has 5 nitrogen and oxygen atoms in total. The van der Waals surface area contributed by atoms with Crippen LogP contribution < -0.4 is 0 Å². The Morgan fingerprint density at radius 3 is 2.80 bits per heavy atom. The van der Waals surface area contributed by atoms with Gasteiger partial charge in [0, 0.05) is 24.0 Å². The normalized spacial score (nSPS) is 12.3. The van der Waals surface area contributed by atoms with Crippen LogP contribution in [-0.4, -0.2) is 14.6 Å². The number of aliphatic hydroxyl groups is 1. The number of nitrogens with zero attached hydrogens (tertiary/aromatic N) is 2. The molecule has 1 heterocycles. The zero-order valence-electron chi connectivity index (χ0n) is 11.4. The molecule has 0 aliphatic rings. The van der Waals surface area contributed by atoms with Crippen molar-refractivity contribution in [2.45, 2.75) is 32.4 Å². The fourth-order valence-electron chi connectivity index (χ4n) is 2.21. The quantitative estimate of drug-likeness (QED) is 0.649. The van der Waals surface area contributed by atoms with Crippen molar-refractivity contribution in [2.24, 2.45) is 0 Å². The van der Waals surface area contributed by atoms with Crippen molar-refractivity contribution in [3.8, 4) is 0 Å². The molecular weight excluding hydrogens is 256 g/mol. The van der Waals surface area contributed by atoms with Gasteiger partial charge in [0.25, 0.3) is 5.69 Å². The second-order valence-electron chi connectivity index (χ2n) is 4.81. The van der Waals surface area contributed by atoms with E-state index in [0.29, 0.717) is 12.1 Å². The lowest BCUT2D eigenvalue weighted by molar-refractivity contribution is -0.385. The topological polar surface area (TPSA) is 68.3 Å². The van der Waals surface area contributed by atoms with Crippen molar-refractivity contribution in [3.05, 3.63) is 64.0 Å². The first-order chi connectivity index (χ1) is 9.61. The molecule has 0 radical (unpaired) electrons. The summed E-state index contributed by atoms with van der Waals surface area (Å²) in [4.78, 5) is 10.6. The van der Waals surface area contributed by atoms with Crippen molar-refractivity contribution in [2.75, 3.05) is 0 Å². The Labute approximate surface area is 117 Å². The summed E-state index contributed by atoms with van der Waals surface area (Å²) in [7, 11) is 0. The minimum Gasteiger partial charge on any atom is -0.388 e. The Morgan fingerprint density at radius 2 is 2.10 bits per heavy atom. The maximum Gasteiger partial charge on any atom is 0.274 e. The van der Waals surface area contributed by atoms with Crippen molar-refractivity contribution in [1.29, 1.82) is 0 Å². The molecular formula is C15H18N2O3. The Balaban J connectivity index is 2.17. The van der Waals surface area contributed by atoms with E-state index in [4.69, 9.17) is 0 Å². The highest BCUT2D eigenvalue weighted by molar-refractivity contribution is 5.40. The third-order valence-electron chi connectivity index (χ3n) is 3.26. The summed E-state index contributed by atoms with van der Waals surface area (Å²) >= 11 is 0. The van der Waals surface area contributed by atoms with Crippen molar-refractivity contribution in [3.63, 3.8) is 0 Å². The van der Waals surface area contributed by atoms with E-state index in [1.807, 2.05) is 30.0 Å². The number of aromatic nitrogens is 1. The van der Waals surface area contributed by atoms with Gasteiger partial charge in [-0.15, -0.1) is 0 Å². The minimum atomic E-state index is -0.466. The first kappa shape index (κ1) is 14.3. The van der Waals surface area contributed by atoms with Gasteiger partial charge in [0.2, 0.25) is 0 Å². The summed E-state index contributed by atoms with van der Waals surface area (Å²) < 4.78 is 1.86.